The van der Waals surface area contributed by atoms with Crippen LogP contribution in [0.15, 0.2) is 52.2 Å². The molecule has 1 aromatic heterocycles. The van der Waals surface area contributed by atoms with Gasteiger partial charge in [-0.15, -0.1) is 11.3 Å². The smallest absolute Gasteiger partial charge is 0.234 e. The Balaban J connectivity index is 1.51. The minimum atomic E-state index is -0.280. The number of ether oxygens (including phenoxy) is 2. The molecule has 0 bridgehead atoms. The second-order valence-electron chi connectivity index (χ2n) is 6.99. The molecule has 178 valence electrons. The van der Waals surface area contributed by atoms with Crippen LogP contribution in [-0.2, 0) is 20.8 Å². The summed E-state index contributed by atoms with van der Waals surface area (Å²) in [5.41, 5.74) is 2.26. The molecule has 0 saturated heterocycles. The van der Waals surface area contributed by atoms with E-state index in [-0.39, 0.29) is 29.9 Å². The maximum Gasteiger partial charge on any atom is 0.234 e. The van der Waals surface area contributed by atoms with Crippen molar-refractivity contribution in [2.24, 2.45) is 0 Å². The first-order chi connectivity index (χ1) is 16.4. The van der Waals surface area contributed by atoms with Crippen molar-refractivity contribution in [2.75, 3.05) is 35.9 Å². The van der Waals surface area contributed by atoms with Gasteiger partial charge in [-0.3, -0.25) is 14.4 Å². The van der Waals surface area contributed by atoms with E-state index in [1.165, 1.54) is 37.1 Å². The minimum Gasteiger partial charge on any atom is -0.497 e. The second-order valence-corrected chi connectivity index (χ2v) is 9.07. The van der Waals surface area contributed by atoms with Gasteiger partial charge in [0.15, 0.2) is 4.34 Å². The van der Waals surface area contributed by atoms with E-state index < -0.39 is 0 Å². The number of thioether (sulfide) groups is 1. The first kappa shape index (κ1) is 25.1. The van der Waals surface area contributed by atoms with Crippen LogP contribution in [0.3, 0.4) is 0 Å². The lowest BCUT2D eigenvalue weighted by molar-refractivity contribution is -0.116. The number of hydrogen-bond acceptors (Lipinski definition) is 8. The number of benzene rings is 2. The highest BCUT2D eigenvalue weighted by molar-refractivity contribution is 8.01. The Kier molecular flexibility index (Phi) is 8.88. The summed E-state index contributed by atoms with van der Waals surface area (Å²) in [5, 5.41) is 10.1. The zero-order valence-corrected chi connectivity index (χ0v) is 20.5. The van der Waals surface area contributed by atoms with Gasteiger partial charge in [0.05, 0.1) is 37.8 Å². The molecule has 0 unspecified atom stereocenters. The van der Waals surface area contributed by atoms with Crippen molar-refractivity contribution in [3.63, 3.8) is 0 Å². The van der Waals surface area contributed by atoms with E-state index in [2.05, 4.69) is 20.9 Å². The lowest BCUT2D eigenvalue weighted by Crippen LogP contribution is -2.16. The maximum absolute atomic E-state index is 12.5. The summed E-state index contributed by atoms with van der Waals surface area (Å²) in [4.78, 5) is 40.4. The Morgan fingerprint density at radius 1 is 0.941 bits per heavy atom. The third-order valence-electron chi connectivity index (χ3n) is 4.37. The van der Waals surface area contributed by atoms with Crippen molar-refractivity contribution in [2.45, 2.75) is 17.7 Å². The summed E-state index contributed by atoms with van der Waals surface area (Å²) in [6.07, 6.45) is 0.0582. The first-order valence-corrected chi connectivity index (χ1v) is 12.0. The highest BCUT2D eigenvalue weighted by atomic mass is 32.2. The normalized spacial score (nSPS) is 10.3. The highest BCUT2D eigenvalue weighted by Crippen LogP contribution is 2.28. The number of rotatable bonds is 10. The highest BCUT2D eigenvalue weighted by Gasteiger charge is 2.13. The average molecular weight is 501 g/mol. The Labute approximate surface area is 205 Å². The van der Waals surface area contributed by atoms with E-state index in [9.17, 15) is 14.4 Å². The predicted octanol–water partition coefficient (Wildman–Crippen LogP) is 4.03. The van der Waals surface area contributed by atoms with Crippen molar-refractivity contribution in [1.82, 2.24) is 4.98 Å². The van der Waals surface area contributed by atoms with Gasteiger partial charge in [0.1, 0.15) is 11.5 Å². The van der Waals surface area contributed by atoms with Crippen molar-refractivity contribution in [3.8, 4) is 11.5 Å². The van der Waals surface area contributed by atoms with Crippen LogP contribution in [0.2, 0.25) is 0 Å². The molecule has 0 saturated carbocycles. The Hall–Kier alpha value is -3.57. The van der Waals surface area contributed by atoms with Gasteiger partial charge in [0.2, 0.25) is 17.7 Å². The van der Waals surface area contributed by atoms with Crippen LogP contribution >= 0.6 is 23.1 Å². The molecule has 0 atom stereocenters. The molecule has 9 nitrogen and oxygen atoms in total. The van der Waals surface area contributed by atoms with E-state index in [4.69, 9.17) is 9.47 Å². The van der Waals surface area contributed by atoms with Gasteiger partial charge in [0.25, 0.3) is 0 Å². The van der Waals surface area contributed by atoms with Crippen LogP contribution in [0, 0.1) is 0 Å². The average Bonchev–Trinajstić information content (AvgIpc) is 3.25. The van der Waals surface area contributed by atoms with Crippen LogP contribution in [0.5, 0.6) is 11.5 Å². The van der Waals surface area contributed by atoms with Gasteiger partial charge in [0, 0.05) is 23.7 Å². The predicted molar refractivity (Wildman–Crippen MR) is 134 cm³/mol. The minimum absolute atomic E-state index is 0.0582. The van der Waals surface area contributed by atoms with E-state index >= 15 is 0 Å². The molecule has 1 heterocycles. The van der Waals surface area contributed by atoms with E-state index in [0.717, 1.165) is 0 Å². The topological polar surface area (TPSA) is 119 Å². The Morgan fingerprint density at radius 3 is 2.35 bits per heavy atom. The number of hydrogen-bond donors (Lipinski definition) is 3. The number of nitrogens with zero attached hydrogens (tertiary/aromatic N) is 1. The number of anilines is 3. The molecule has 3 amide bonds. The second kappa shape index (κ2) is 12.1. The standard InChI is InChI=1S/C23H24N4O5S2/c1-14(28)24-16-6-9-20(32-3)19(10-16)27-21(29)11-17-12-33-23(26-17)34-13-22(30)25-15-4-7-18(31-2)8-5-15/h4-10,12H,11,13H2,1-3H3,(H,24,28)(H,25,30)(H,27,29). The number of nitrogens with one attached hydrogen (secondary N) is 3. The fourth-order valence-corrected chi connectivity index (χ4v) is 4.52. The monoisotopic (exact) mass is 500 g/mol. The molecule has 0 radical (unpaired) electrons. The van der Waals surface area contributed by atoms with Crippen LogP contribution in [0.25, 0.3) is 0 Å². The summed E-state index contributed by atoms with van der Waals surface area (Å²) in [7, 11) is 3.08. The van der Waals surface area contributed by atoms with Gasteiger partial charge in [-0.1, -0.05) is 11.8 Å². The SMILES string of the molecule is COc1ccc(NC(=O)CSc2nc(CC(=O)Nc3cc(NC(C)=O)ccc3OC)cs2)cc1. The Morgan fingerprint density at radius 2 is 1.68 bits per heavy atom. The molecule has 3 rings (SSSR count). The van der Waals surface area contributed by atoms with Crippen molar-refractivity contribution >= 4 is 57.9 Å². The molecule has 2 aromatic carbocycles. The quantitative estimate of drug-likeness (QED) is 0.360. The number of amides is 3. The molecular formula is C23H24N4O5S2. The number of aromatic nitrogens is 1. The summed E-state index contributed by atoms with van der Waals surface area (Å²) >= 11 is 2.67. The number of carbonyl (C=O) groups excluding carboxylic acids is 3. The third-order valence-corrected chi connectivity index (χ3v) is 6.44. The zero-order chi connectivity index (χ0) is 24.5. The molecule has 0 aliphatic heterocycles. The van der Waals surface area contributed by atoms with Crippen LogP contribution < -0.4 is 25.4 Å². The van der Waals surface area contributed by atoms with Gasteiger partial charge in [-0.25, -0.2) is 4.98 Å². The van der Waals surface area contributed by atoms with Crippen LogP contribution in [0.4, 0.5) is 17.1 Å². The summed E-state index contributed by atoms with van der Waals surface area (Å²) < 4.78 is 11.1. The lowest BCUT2D eigenvalue weighted by atomic mass is 10.2. The van der Waals surface area contributed by atoms with Crippen molar-refractivity contribution in [3.05, 3.63) is 53.5 Å². The molecule has 0 fully saturated rings. The molecule has 11 heteroatoms. The van der Waals surface area contributed by atoms with Gasteiger partial charge < -0.3 is 25.4 Å². The number of thiazole rings is 1. The molecule has 0 aliphatic rings. The summed E-state index contributed by atoms with van der Waals surface area (Å²) in [5.74, 6) is 0.726. The van der Waals surface area contributed by atoms with Crippen molar-refractivity contribution in [1.29, 1.82) is 0 Å². The fraction of sp³-hybridized carbons (Fsp3) is 0.217. The lowest BCUT2D eigenvalue weighted by Gasteiger charge is -2.12. The maximum atomic E-state index is 12.5. The molecule has 0 spiro atoms. The van der Waals surface area contributed by atoms with Gasteiger partial charge in [-0.2, -0.15) is 0 Å². The van der Waals surface area contributed by atoms with Gasteiger partial charge in [-0.05, 0) is 42.5 Å². The molecular weight excluding hydrogens is 476 g/mol. The van der Waals surface area contributed by atoms with Crippen molar-refractivity contribution < 1.29 is 23.9 Å². The molecule has 3 aromatic rings. The number of carbonyl (C=O) groups is 3. The zero-order valence-electron chi connectivity index (χ0n) is 18.8. The molecule has 3 N–H and O–H groups in total. The first-order valence-electron chi connectivity index (χ1n) is 10.1. The van der Waals surface area contributed by atoms with Crippen LogP contribution in [0.1, 0.15) is 12.6 Å². The largest absolute Gasteiger partial charge is 0.497 e. The van der Waals surface area contributed by atoms with E-state index in [0.29, 0.717) is 38.6 Å². The molecule has 0 aliphatic carbocycles. The summed E-state index contributed by atoms with van der Waals surface area (Å²) in [6.45, 7) is 1.41. The summed E-state index contributed by atoms with van der Waals surface area (Å²) in [6, 6.07) is 12.0. The Bertz CT molecular complexity index is 1160. The van der Waals surface area contributed by atoms with Crippen LogP contribution in [-0.4, -0.2) is 42.7 Å². The van der Waals surface area contributed by atoms with Gasteiger partial charge >= 0.3 is 0 Å². The third kappa shape index (κ3) is 7.49. The number of methoxy groups -OCH3 is 2. The molecule has 34 heavy (non-hydrogen) atoms. The van der Waals surface area contributed by atoms with E-state index in [1.807, 2.05) is 0 Å². The van der Waals surface area contributed by atoms with E-state index in [1.54, 1.807) is 55.0 Å². The fourth-order valence-electron chi connectivity index (χ4n) is 2.88.